The van der Waals surface area contributed by atoms with E-state index in [1.807, 2.05) is 0 Å². The van der Waals surface area contributed by atoms with Crippen molar-refractivity contribution in [1.29, 1.82) is 0 Å². The zero-order valence-corrected chi connectivity index (χ0v) is 13.1. The molecule has 18 heavy (non-hydrogen) atoms. The predicted molar refractivity (Wildman–Crippen MR) is 81.1 cm³/mol. The average Bonchev–Trinajstić information content (AvgIpc) is 2.29. The first-order valence-electron chi connectivity index (χ1n) is 8.03. The lowest BCUT2D eigenvalue weighted by Gasteiger charge is -2.38. The van der Waals surface area contributed by atoms with Crippen molar-refractivity contribution in [2.24, 2.45) is 5.41 Å². The van der Waals surface area contributed by atoms with Gasteiger partial charge in [-0.1, -0.05) is 53.4 Å². The van der Waals surface area contributed by atoms with Gasteiger partial charge in [0.1, 0.15) is 0 Å². The van der Waals surface area contributed by atoms with Crippen molar-refractivity contribution in [3.63, 3.8) is 0 Å². The second kappa shape index (κ2) is 8.16. The summed E-state index contributed by atoms with van der Waals surface area (Å²) < 4.78 is 0. The molecule has 1 heterocycles. The van der Waals surface area contributed by atoms with Gasteiger partial charge in [0.25, 0.3) is 0 Å². The van der Waals surface area contributed by atoms with E-state index in [1.165, 1.54) is 64.7 Å². The van der Waals surface area contributed by atoms with Crippen molar-refractivity contribution < 1.29 is 0 Å². The molecule has 2 heteroatoms. The van der Waals surface area contributed by atoms with Gasteiger partial charge < -0.3 is 5.32 Å². The van der Waals surface area contributed by atoms with Crippen LogP contribution in [0, 0.1) is 5.41 Å². The van der Waals surface area contributed by atoms with E-state index in [2.05, 4.69) is 37.9 Å². The van der Waals surface area contributed by atoms with E-state index in [0.29, 0.717) is 5.41 Å². The van der Waals surface area contributed by atoms with E-state index in [-0.39, 0.29) is 0 Å². The Kier molecular flexibility index (Phi) is 7.25. The number of unbranched alkanes of at least 4 members (excludes halogenated alkanes) is 2. The lowest BCUT2D eigenvalue weighted by Crippen LogP contribution is -2.52. The summed E-state index contributed by atoms with van der Waals surface area (Å²) in [4.78, 5) is 2.68. The molecule has 108 valence electrons. The summed E-state index contributed by atoms with van der Waals surface area (Å²) in [5.74, 6) is 0. The summed E-state index contributed by atoms with van der Waals surface area (Å²) in [6, 6.07) is 0.732. The zero-order valence-electron chi connectivity index (χ0n) is 13.1. The van der Waals surface area contributed by atoms with E-state index in [9.17, 15) is 0 Å². The maximum Gasteiger partial charge on any atom is 0.0195 e. The molecule has 1 fully saturated rings. The average molecular weight is 254 g/mol. The van der Waals surface area contributed by atoms with Gasteiger partial charge >= 0.3 is 0 Å². The molecular weight excluding hydrogens is 220 g/mol. The van der Waals surface area contributed by atoms with Crippen LogP contribution >= 0.6 is 0 Å². The molecule has 0 aromatic heterocycles. The molecule has 0 amide bonds. The van der Waals surface area contributed by atoms with Crippen molar-refractivity contribution >= 4 is 0 Å². The maximum atomic E-state index is 3.65. The molecular formula is C16H34N2. The Bertz CT molecular complexity index is 211. The molecule has 1 saturated heterocycles. The zero-order chi connectivity index (χ0) is 13.4. The first-order chi connectivity index (χ1) is 8.57. The van der Waals surface area contributed by atoms with Crippen molar-refractivity contribution in [3.05, 3.63) is 0 Å². The van der Waals surface area contributed by atoms with Crippen LogP contribution in [0.2, 0.25) is 0 Å². The first kappa shape index (κ1) is 16.0. The third kappa shape index (κ3) is 6.19. The molecule has 1 N–H and O–H groups in total. The molecule has 0 aromatic carbocycles. The number of nitrogens with one attached hydrogen (secondary N) is 1. The van der Waals surface area contributed by atoms with Crippen LogP contribution in [-0.4, -0.2) is 37.1 Å². The van der Waals surface area contributed by atoms with E-state index in [1.54, 1.807) is 0 Å². The van der Waals surface area contributed by atoms with Gasteiger partial charge in [-0.15, -0.1) is 0 Å². The van der Waals surface area contributed by atoms with Gasteiger partial charge in [-0.25, -0.2) is 0 Å². The van der Waals surface area contributed by atoms with Crippen molar-refractivity contribution in [2.45, 2.75) is 72.3 Å². The summed E-state index contributed by atoms with van der Waals surface area (Å²) in [7, 11) is 0. The van der Waals surface area contributed by atoms with E-state index in [4.69, 9.17) is 0 Å². The Hall–Kier alpha value is -0.0800. The summed E-state index contributed by atoms with van der Waals surface area (Å²) >= 11 is 0. The molecule has 0 saturated carbocycles. The SMILES string of the molecule is CCCCCC(C)(C)CN1CCNC(CCC)C1. The molecule has 0 aliphatic carbocycles. The van der Waals surface area contributed by atoms with Gasteiger partial charge in [-0.05, 0) is 18.3 Å². The van der Waals surface area contributed by atoms with Gasteiger partial charge in [0, 0.05) is 32.2 Å². The fourth-order valence-corrected chi connectivity index (χ4v) is 3.12. The largest absolute Gasteiger partial charge is 0.311 e. The second-order valence-electron chi connectivity index (χ2n) is 6.80. The highest BCUT2D eigenvalue weighted by Gasteiger charge is 2.25. The van der Waals surface area contributed by atoms with Gasteiger partial charge in [0.05, 0.1) is 0 Å². The lowest BCUT2D eigenvalue weighted by molar-refractivity contribution is 0.127. The summed E-state index contributed by atoms with van der Waals surface area (Å²) in [6.07, 6.45) is 8.13. The molecule has 2 nitrogen and oxygen atoms in total. The molecule has 1 rings (SSSR count). The summed E-state index contributed by atoms with van der Waals surface area (Å²) in [5, 5.41) is 3.65. The monoisotopic (exact) mass is 254 g/mol. The van der Waals surface area contributed by atoms with Gasteiger partial charge in [-0.2, -0.15) is 0 Å². The van der Waals surface area contributed by atoms with Crippen LogP contribution < -0.4 is 5.32 Å². The molecule has 0 spiro atoms. The number of hydrogen-bond donors (Lipinski definition) is 1. The van der Waals surface area contributed by atoms with Crippen LogP contribution in [0.25, 0.3) is 0 Å². The highest BCUT2D eigenvalue weighted by Crippen LogP contribution is 2.25. The Labute approximate surface area is 115 Å². The Balaban J connectivity index is 2.30. The third-order valence-corrected chi connectivity index (χ3v) is 4.09. The standard InChI is InChI=1S/C16H34N2/c1-5-7-8-10-16(3,4)14-18-12-11-17-15(13-18)9-6-2/h15,17H,5-14H2,1-4H3. The Morgan fingerprint density at radius 1 is 1.17 bits per heavy atom. The molecule has 0 aromatic rings. The third-order valence-electron chi connectivity index (χ3n) is 4.09. The minimum atomic E-state index is 0.489. The fourth-order valence-electron chi connectivity index (χ4n) is 3.12. The molecule has 1 unspecified atom stereocenters. The van der Waals surface area contributed by atoms with Crippen LogP contribution in [0.15, 0.2) is 0 Å². The van der Waals surface area contributed by atoms with Crippen molar-refractivity contribution in [2.75, 3.05) is 26.2 Å². The van der Waals surface area contributed by atoms with Crippen LogP contribution in [0.1, 0.15) is 66.2 Å². The minimum absolute atomic E-state index is 0.489. The van der Waals surface area contributed by atoms with Gasteiger partial charge in [0.15, 0.2) is 0 Å². The number of nitrogens with zero attached hydrogens (tertiary/aromatic N) is 1. The Morgan fingerprint density at radius 2 is 1.94 bits per heavy atom. The molecule has 1 atom stereocenters. The molecule has 1 aliphatic rings. The number of hydrogen-bond acceptors (Lipinski definition) is 2. The number of piperazine rings is 1. The van der Waals surface area contributed by atoms with Gasteiger partial charge in [-0.3, -0.25) is 4.90 Å². The smallest absolute Gasteiger partial charge is 0.0195 e. The van der Waals surface area contributed by atoms with Gasteiger partial charge in [0.2, 0.25) is 0 Å². The van der Waals surface area contributed by atoms with E-state index < -0.39 is 0 Å². The van der Waals surface area contributed by atoms with Crippen LogP contribution in [0.4, 0.5) is 0 Å². The predicted octanol–water partition coefficient (Wildman–Crippen LogP) is 3.67. The molecule has 1 aliphatic heterocycles. The first-order valence-corrected chi connectivity index (χ1v) is 8.03. The van der Waals surface area contributed by atoms with Crippen LogP contribution in [0.5, 0.6) is 0 Å². The van der Waals surface area contributed by atoms with E-state index in [0.717, 1.165) is 6.04 Å². The van der Waals surface area contributed by atoms with Crippen LogP contribution in [0.3, 0.4) is 0 Å². The summed E-state index contributed by atoms with van der Waals surface area (Å²) in [6.45, 7) is 14.4. The molecule has 0 bridgehead atoms. The Morgan fingerprint density at radius 3 is 2.61 bits per heavy atom. The number of rotatable bonds is 8. The lowest BCUT2D eigenvalue weighted by atomic mass is 9.86. The normalized spacial score (nSPS) is 22.3. The van der Waals surface area contributed by atoms with Crippen LogP contribution in [-0.2, 0) is 0 Å². The summed E-state index contributed by atoms with van der Waals surface area (Å²) in [5.41, 5.74) is 0.489. The molecule has 0 radical (unpaired) electrons. The van der Waals surface area contributed by atoms with E-state index >= 15 is 0 Å². The van der Waals surface area contributed by atoms with Crippen molar-refractivity contribution in [1.82, 2.24) is 10.2 Å². The second-order valence-corrected chi connectivity index (χ2v) is 6.80. The topological polar surface area (TPSA) is 15.3 Å². The quantitative estimate of drug-likeness (QED) is 0.665. The highest BCUT2D eigenvalue weighted by atomic mass is 15.2. The minimum Gasteiger partial charge on any atom is -0.311 e. The fraction of sp³-hybridized carbons (Fsp3) is 1.00. The van der Waals surface area contributed by atoms with Crippen molar-refractivity contribution in [3.8, 4) is 0 Å². The maximum absolute atomic E-state index is 3.65. The highest BCUT2D eigenvalue weighted by molar-refractivity contribution is 4.82.